The Morgan fingerprint density at radius 1 is 1.15 bits per heavy atom. The molecule has 0 radical (unpaired) electrons. The normalized spacial score (nSPS) is 11.3. The summed E-state index contributed by atoms with van der Waals surface area (Å²) in [5, 5.41) is 3.20. The minimum Gasteiger partial charge on any atom is -0.379 e. The van der Waals surface area contributed by atoms with E-state index in [9.17, 15) is 8.42 Å². The van der Waals surface area contributed by atoms with Gasteiger partial charge in [0.2, 0.25) is 0 Å². The molecular formula is C14H17N3O2S. The van der Waals surface area contributed by atoms with Gasteiger partial charge in [-0.2, -0.15) is 0 Å². The second kappa shape index (κ2) is 6.00. The molecule has 0 aliphatic rings. The molecule has 0 fully saturated rings. The molecule has 20 heavy (non-hydrogen) atoms. The van der Waals surface area contributed by atoms with Crippen molar-refractivity contribution >= 4 is 15.5 Å². The van der Waals surface area contributed by atoms with Crippen LogP contribution in [0.1, 0.15) is 18.4 Å². The Labute approximate surface area is 119 Å². The predicted molar refractivity (Wildman–Crippen MR) is 78.3 cm³/mol. The maximum atomic E-state index is 11.7. The highest BCUT2D eigenvalue weighted by Crippen LogP contribution is 2.15. The standard InChI is InChI=1S/C14H17N3O2S/c1-3-20(18,19)14-6-4-12(5-7-14)16-10-13-8-9-15-11(2)17-13/h4-9,16H,3,10H2,1-2H3. The van der Waals surface area contributed by atoms with E-state index in [1.165, 1.54) is 0 Å². The molecule has 0 bridgehead atoms. The third-order valence-corrected chi connectivity index (χ3v) is 4.65. The van der Waals surface area contributed by atoms with Crippen LogP contribution in [-0.4, -0.2) is 24.1 Å². The molecule has 2 aromatic rings. The molecule has 5 nitrogen and oxygen atoms in total. The molecule has 1 N–H and O–H groups in total. The fourth-order valence-electron chi connectivity index (χ4n) is 1.74. The largest absolute Gasteiger partial charge is 0.379 e. The molecule has 106 valence electrons. The number of hydrogen-bond donors (Lipinski definition) is 1. The first-order valence-corrected chi connectivity index (χ1v) is 8.02. The molecule has 0 saturated heterocycles. The van der Waals surface area contributed by atoms with Gasteiger partial charge in [0.1, 0.15) is 5.82 Å². The number of anilines is 1. The quantitative estimate of drug-likeness (QED) is 0.914. The van der Waals surface area contributed by atoms with Crippen LogP contribution in [0.2, 0.25) is 0 Å². The summed E-state index contributed by atoms with van der Waals surface area (Å²) in [6.07, 6.45) is 1.72. The number of benzene rings is 1. The zero-order chi connectivity index (χ0) is 14.6. The average Bonchev–Trinajstić information content (AvgIpc) is 2.46. The molecule has 0 unspecified atom stereocenters. The van der Waals surface area contributed by atoms with Gasteiger partial charge in [-0.3, -0.25) is 0 Å². The lowest BCUT2D eigenvalue weighted by atomic mass is 10.3. The van der Waals surface area contributed by atoms with Gasteiger partial charge in [0.25, 0.3) is 0 Å². The van der Waals surface area contributed by atoms with Crippen LogP contribution in [-0.2, 0) is 16.4 Å². The van der Waals surface area contributed by atoms with Crippen molar-refractivity contribution in [3.05, 3.63) is 48.0 Å². The average molecular weight is 291 g/mol. The smallest absolute Gasteiger partial charge is 0.178 e. The number of aryl methyl sites for hydroxylation is 1. The molecule has 0 saturated carbocycles. The molecular weight excluding hydrogens is 274 g/mol. The first-order valence-electron chi connectivity index (χ1n) is 6.36. The van der Waals surface area contributed by atoms with Gasteiger partial charge in [-0.15, -0.1) is 0 Å². The lowest BCUT2D eigenvalue weighted by Gasteiger charge is -2.07. The third kappa shape index (κ3) is 3.54. The number of nitrogens with zero attached hydrogens (tertiary/aromatic N) is 2. The van der Waals surface area contributed by atoms with E-state index in [-0.39, 0.29) is 5.75 Å². The molecule has 0 spiro atoms. The maximum absolute atomic E-state index is 11.7. The zero-order valence-corrected chi connectivity index (χ0v) is 12.3. The molecule has 0 aliphatic heterocycles. The molecule has 1 aromatic heterocycles. The Balaban J connectivity index is 2.05. The van der Waals surface area contributed by atoms with Crippen LogP contribution in [0.5, 0.6) is 0 Å². The number of rotatable bonds is 5. The van der Waals surface area contributed by atoms with Crippen molar-refractivity contribution in [2.24, 2.45) is 0 Å². The van der Waals surface area contributed by atoms with Gasteiger partial charge in [0.05, 0.1) is 22.9 Å². The van der Waals surface area contributed by atoms with Gasteiger partial charge >= 0.3 is 0 Å². The molecule has 0 amide bonds. The topological polar surface area (TPSA) is 72.0 Å². The zero-order valence-electron chi connectivity index (χ0n) is 11.5. The summed E-state index contributed by atoms with van der Waals surface area (Å²) in [5.41, 5.74) is 1.75. The summed E-state index contributed by atoms with van der Waals surface area (Å²) in [6, 6.07) is 8.60. The van der Waals surface area contributed by atoms with E-state index in [0.717, 1.165) is 17.2 Å². The van der Waals surface area contributed by atoms with Gasteiger partial charge in [0.15, 0.2) is 9.84 Å². The Morgan fingerprint density at radius 3 is 2.45 bits per heavy atom. The molecule has 0 aliphatic carbocycles. The Morgan fingerprint density at radius 2 is 1.85 bits per heavy atom. The van der Waals surface area contributed by atoms with Gasteiger partial charge in [-0.1, -0.05) is 6.92 Å². The highest BCUT2D eigenvalue weighted by molar-refractivity contribution is 7.91. The second-order valence-corrected chi connectivity index (χ2v) is 6.65. The minimum atomic E-state index is -3.14. The maximum Gasteiger partial charge on any atom is 0.178 e. The highest BCUT2D eigenvalue weighted by atomic mass is 32.2. The van der Waals surface area contributed by atoms with Crippen molar-refractivity contribution in [3.8, 4) is 0 Å². The van der Waals surface area contributed by atoms with Crippen molar-refractivity contribution in [3.63, 3.8) is 0 Å². The predicted octanol–water partition coefficient (Wildman–Crippen LogP) is 2.19. The van der Waals surface area contributed by atoms with E-state index in [4.69, 9.17) is 0 Å². The first-order chi connectivity index (χ1) is 9.51. The van der Waals surface area contributed by atoms with Crippen molar-refractivity contribution in [1.29, 1.82) is 0 Å². The SMILES string of the molecule is CCS(=O)(=O)c1ccc(NCc2ccnc(C)n2)cc1. The Hall–Kier alpha value is -1.95. The summed E-state index contributed by atoms with van der Waals surface area (Å²) >= 11 is 0. The van der Waals surface area contributed by atoms with Crippen molar-refractivity contribution in [2.45, 2.75) is 25.3 Å². The highest BCUT2D eigenvalue weighted by Gasteiger charge is 2.10. The number of aromatic nitrogens is 2. The van der Waals surface area contributed by atoms with E-state index in [1.807, 2.05) is 13.0 Å². The van der Waals surface area contributed by atoms with Crippen LogP contribution in [0.4, 0.5) is 5.69 Å². The molecule has 1 aromatic carbocycles. The lowest BCUT2D eigenvalue weighted by molar-refractivity contribution is 0.597. The van der Waals surface area contributed by atoms with Crippen molar-refractivity contribution < 1.29 is 8.42 Å². The van der Waals surface area contributed by atoms with Crippen LogP contribution >= 0.6 is 0 Å². The molecule has 0 atom stereocenters. The number of nitrogens with one attached hydrogen (secondary N) is 1. The van der Waals surface area contributed by atoms with Gasteiger partial charge in [-0.05, 0) is 37.3 Å². The van der Waals surface area contributed by atoms with E-state index in [1.54, 1.807) is 37.4 Å². The second-order valence-electron chi connectivity index (χ2n) is 4.38. The van der Waals surface area contributed by atoms with Crippen LogP contribution in [0.25, 0.3) is 0 Å². The fraction of sp³-hybridized carbons (Fsp3) is 0.286. The summed E-state index contributed by atoms with van der Waals surface area (Å²) in [7, 11) is -3.14. The summed E-state index contributed by atoms with van der Waals surface area (Å²) < 4.78 is 23.4. The lowest BCUT2D eigenvalue weighted by Crippen LogP contribution is -2.05. The number of sulfone groups is 1. The van der Waals surface area contributed by atoms with E-state index < -0.39 is 9.84 Å². The van der Waals surface area contributed by atoms with E-state index in [0.29, 0.717) is 11.4 Å². The van der Waals surface area contributed by atoms with Gasteiger partial charge in [0, 0.05) is 11.9 Å². The first kappa shape index (κ1) is 14.5. The van der Waals surface area contributed by atoms with Crippen LogP contribution in [0, 0.1) is 6.92 Å². The summed E-state index contributed by atoms with van der Waals surface area (Å²) in [6.45, 7) is 4.05. The van der Waals surface area contributed by atoms with Gasteiger partial charge < -0.3 is 5.32 Å². The molecule has 2 rings (SSSR count). The monoisotopic (exact) mass is 291 g/mol. The van der Waals surface area contributed by atoms with Crippen LogP contribution in [0.15, 0.2) is 41.4 Å². The van der Waals surface area contributed by atoms with Gasteiger partial charge in [-0.25, -0.2) is 18.4 Å². The third-order valence-electron chi connectivity index (χ3n) is 2.90. The van der Waals surface area contributed by atoms with Crippen molar-refractivity contribution in [1.82, 2.24) is 9.97 Å². The summed E-state index contributed by atoms with van der Waals surface area (Å²) in [4.78, 5) is 8.68. The van der Waals surface area contributed by atoms with Crippen LogP contribution < -0.4 is 5.32 Å². The minimum absolute atomic E-state index is 0.111. The van der Waals surface area contributed by atoms with E-state index in [2.05, 4.69) is 15.3 Å². The van der Waals surface area contributed by atoms with Crippen molar-refractivity contribution in [2.75, 3.05) is 11.1 Å². The summed E-state index contributed by atoms with van der Waals surface area (Å²) in [5.74, 6) is 0.841. The molecule has 1 heterocycles. The Bertz CT molecular complexity index is 682. The van der Waals surface area contributed by atoms with E-state index >= 15 is 0 Å². The molecule has 6 heteroatoms. The Kier molecular flexibility index (Phi) is 4.34. The van der Waals surface area contributed by atoms with Crippen LogP contribution in [0.3, 0.4) is 0 Å². The number of hydrogen-bond acceptors (Lipinski definition) is 5. The fourth-order valence-corrected chi connectivity index (χ4v) is 2.63.